The Morgan fingerprint density at radius 1 is 1.62 bits per heavy atom. The van der Waals surface area contributed by atoms with Crippen LogP contribution in [-0.2, 0) is 9.53 Å². The van der Waals surface area contributed by atoms with Crippen LogP contribution in [0.25, 0.3) is 0 Å². The van der Waals surface area contributed by atoms with Crippen molar-refractivity contribution in [1.29, 1.82) is 0 Å². The SMILES string of the molecule is COC(C)(C)C(=O)NCCN1CCNC1=O. The van der Waals surface area contributed by atoms with Crippen molar-refractivity contribution in [2.45, 2.75) is 19.4 Å². The van der Waals surface area contributed by atoms with Gasteiger partial charge in [0, 0.05) is 33.3 Å². The van der Waals surface area contributed by atoms with E-state index in [1.54, 1.807) is 18.7 Å². The number of methoxy groups -OCH3 is 1. The number of hydrogen-bond donors (Lipinski definition) is 2. The zero-order valence-corrected chi connectivity index (χ0v) is 10.0. The summed E-state index contributed by atoms with van der Waals surface area (Å²) < 4.78 is 5.04. The average molecular weight is 229 g/mol. The summed E-state index contributed by atoms with van der Waals surface area (Å²) in [6, 6.07) is -0.0692. The molecule has 0 aromatic carbocycles. The lowest BCUT2D eigenvalue weighted by atomic mass is 10.1. The van der Waals surface area contributed by atoms with Crippen LogP contribution in [0.15, 0.2) is 0 Å². The summed E-state index contributed by atoms with van der Waals surface area (Å²) in [5, 5.41) is 5.43. The Labute approximate surface area is 95.3 Å². The zero-order valence-electron chi connectivity index (χ0n) is 10.0. The van der Waals surface area contributed by atoms with Crippen LogP contribution >= 0.6 is 0 Å². The van der Waals surface area contributed by atoms with Gasteiger partial charge in [-0.2, -0.15) is 0 Å². The fraction of sp³-hybridized carbons (Fsp3) is 0.800. The lowest BCUT2D eigenvalue weighted by Gasteiger charge is -2.22. The van der Waals surface area contributed by atoms with Gasteiger partial charge < -0.3 is 20.3 Å². The molecule has 0 unspecified atom stereocenters. The number of carbonyl (C=O) groups excluding carboxylic acids is 2. The Hall–Kier alpha value is -1.30. The molecule has 6 nitrogen and oxygen atoms in total. The van der Waals surface area contributed by atoms with Gasteiger partial charge in [-0.25, -0.2) is 4.79 Å². The minimum absolute atomic E-state index is 0.0692. The normalized spacial score (nSPS) is 16.2. The van der Waals surface area contributed by atoms with Crippen LogP contribution in [0, 0.1) is 0 Å². The number of urea groups is 1. The van der Waals surface area contributed by atoms with Crippen LogP contribution in [0.4, 0.5) is 4.79 Å². The van der Waals surface area contributed by atoms with Gasteiger partial charge in [0.05, 0.1) is 0 Å². The van der Waals surface area contributed by atoms with Crippen molar-refractivity contribution in [3.8, 4) is 0 Å². The summed E-state index contributed by atoms with van der Waals surface area (Å²) in [5.41, 5.74) is -0.826. The van der Waals surface area contributed by atoms with Crippen LogP contribution in [0.3, 0.4) is 0 Å². The molecule has 2 N–H and O–H groups in total. The first-order valence-electron chi connectivity index (χ1n) is 5.33. The summed E-state index contributed by atoms with van der Waals surface area (Å²) in [7, 11) is 1.49. The predicted octanol–water partition coefficient (Wildman–Crippen LogP) is -0.447. The van der Waals surface area contributed by atoms with E-state index in [2.05, 4.69) is 10.6 Å². The number of amides is 3. The lowest BCUT2D eigenvalue weighted by molar-refractivity contribution is -0.139. The van der Waals surface area contributed by atoms with Crippen LogP contribution in [0.1, 0.15) is 13.8 Å². The molecule has 1 fully saturated rings. The molecular weight excluding hydrogens is 210 g/mol. The number of carbonyl (C=O) groups is 2. The monoisotopic (exact) mass is 229 g/mol. The molecule has 16 heavy (non-hydrogen) atoms. The Morgan fingerprint density at radius 3 is 2.81 bits per heavy atom. The lowest BCUT2D eigenvalue weighted by Crippen LogP contribution is -2.46. The standard InChI is InChI=1S/C10H19N3O3/c1-10(2,16-3)8(14)11-4-6-13-7-5-12-9(13)15/h4-7H2,1-3H3,(H,11,14)(H,12,15). The van der Waals surface area contributed by atoms with Crippen molar-refractivity contribution in [1.82, 2.24) is 15.5 Å². The highest BCUT2D eigenvalue weighted by atomic mass is 16.5. The Bertz CT molecular complexity index is 278. The summed E-state index contributed by atoms with van der Waals surface area (Å²) in [6.45, 7) is 5.74. The fourth-order valence-corrected chi connectivity index (χ4v) is 1.33. The second-order valence-electron chi connectivity index (χ2n) is 4.19. The largest absolute Gasteiger partial charge is 0.369 e. The number of nitrogens with zero attached hydrogens (tertiary/aromatic N) is 1. The van der Waals surface area contributed by atoms with Crippen molar-refractivity contribution in [3.05, 3.63) is 0 Å². The first kappa shape index (κ1) is 12.8. The van der Waals surface area contributed by atoms with Gasteiger partial charge in [0.1, 0.15) is 5.60 Å². The molecule has 0 radical (unpaired) electrons. The highest BCUT2D eigenvalue weighted by Crippen LogP contribution is 2.06. The highest BCUT2D eigenvalue weighted by molar-refractivity contribution is 5.84. The molecule has 0 aromatic rings. The van der Waals surface area contributed by atoms with E-state index in [0.717, 1.165) is 0 Å². The molecule has 1 rings (SSSR count). The summed E-state index contributed by atoms with van der Waals surface area (Å²) >= 11 is 0. The third-order valence-corrected chi connectivity index (χ3v) is 2.67. The van der Waals surface area contributed by atoms with Crippen LogP contribution in [-0.4, -0.2) is 55.7 Å². The van der Waals surface area contributed by atoms with Gasteiger partial charge in [-0.15, -0.1) is 0 Å². The number of rotatable bonds is 5. The molecule has 0 aromatic heterocycles. The van der Waals surface area contributed by atoms with Gasteiger partial charge in [0.15, 0.2) is 0 Å². The maximum atomic E-state index is 11.6. The highest BCUT2D eigenvalue weighted by Gasteiger charge is 2.27. The maximum absolute atomic E-state index is 11.6. The number of nitrogens with one attached hydrogen (secondary N) is 2. The number of hydrogen-bond acceptors (Lipinski definition) is 3. The van der Waals surface area contributed by atoms with E-state index >= 15 is 0 Å². The van der Waals surface area contributed by atoms with Crippen molar-refractivity contribution in [2.24, 2.45) is 0 Å². The van der Waals surface area contributed by atoms with Crippen molar-refractivity contribution in [2.75, 3.05) is 33.3 Å². The van der Waals surface area contributed by atoms with Gasteiger partial charge >= 0.3 is 6.03 Å². The van der Waals surface area contributed by atoms with E-state index in [1.807, 2.05) is 0 Å². The molecule has 0 saturated carbocycles. The summed E-state index contributed by atoms with van der Waals surface area (Å²) in [6.07, 6.45) is 0. The van der Waals surface area contributed by atoms with Gasteiger partial charge in [-0.3, -0.25) is 4.79 Å². The van der Waals surface area contributed by atoms with E-state index in [-0.39, 0.29) is 11.9 Å². The summed E-state index contributed by atoms with van der Waals surface area (Å²) in [5.74, 6) is -0.172. The van der Waals surface area contributed by atoms with Crippen LogP contribution in [0.2, 0.25) is 0 Å². The van der Waals surface area contributed by atoms with E-state index in [1.165, 1.54) is 7.11 Å². The minimum Gasteiger partial charge on any atom is -0.369 e. The predicted molar refractivity (Wildman–Crippen MR) is 59.1 cm³/mol. The third-order valence-electron chi connectivity index (χ3n) is 2.67. The Balaban J connectivity index is 2.25. The van der Waals surface area contributed by atoms with Crippen LogP contribution < -0.4 is 10.6 Å². The molecule has 0 atom stereocenters. The average Bonchev–Trinajstić information content (AvgIpc) is 2.64. The fourth-order valence-electron chi connectivity index (χ4n) is 1.33. The van der Waals surface area contributed by atoms with Gasteiger partial charge in [-0.05, 0) is 13.8 Å². The Morgan fingerprint density at radius 2 is 2.31 bits per heavy atom. The smallest absolute Gasteiger partial charge is 0.317 e. The topological polar surface area (TPSA) is 70.7 Å². The third kappa shape index (κ3) is 3.10. The molecule has 1 aliphatic heterocycles. The van der Waals surface area contributed by atoms with Crippen molar-refractivity contribution < 1.29 is 14.3 Å². The molecule has 0 spiro atoms. The summed E-state index contributed by atoms with van der Waals surface area (Å²) in [4.78, 5) is 24.4. The van der Waals surface area contributed by atoms with E-state index < -0.39 is 5.60 Å². The quantitative estimate of drug-likeness (QED) is 0.671. The molecule has 3 amide bonds. The molecule has 1 saturated heterocycles. The molecule has 1 heterocycles. The van der Waals surface area contributed by atoms with E-state index in [4.69, 9.17) is 4.74 Å². The number of ether oxygens (including phenoxy) is 1. The first-order chi connectivity index (χ1) is 7.47. The Kier molecular flexibility index (Phi) is 4.12. The maximum Gasteiger partial charge on any atom is 0.317 e. The molecular formula is C10H19N3O3. The second-order valence-corrected chi connectivity index (χ2v) is 4.19. The van der Waals surface area contributed by atoms with E-state index in [9.17, 15) is 9.59 Å². The molecule has 92 valence electrons. The van der Waals surface area contributed by atoms with Gasteiger partial charge in [0.25, 0.3) is 5.91 Å². The first-order valence-corrected chi connectivity index (χ1v) is 5.33. The molecule has 1 aliphatic rings. The van der Waals surface area contributed by atoms with Gasteiger partial charge in [0.2, 0.25) is 0 Å². The van der Waals surface area contributed by atoms with E-state index in [0.29, 0.717) is 26.2 Å². The molecule has 0 aliphatic carbocycles. The second kappa shape index (κ2) is 5.16. The zero-order chi connectivity index (χ0) is 12.2. The van der Waals surface area contributed by atoms with Gasteiger partial charge in [-0.1, -0.05) is 0 Å². The van der Waals surface area contributed by atoms with Crippen molar-refractivity contribution >= 4 is 11.9 Å². The molecule has 0 bridgehead atoms. The van der Waals surface area contributed by atoms with Crippen LogP contribution in [0.5, 0.6) is 0 Å². The molecule has 6 heteroatoms. The van der Waals surface area contributed by atoms with Crippen molar-refractivity contribution in [3.63, 3.8) is 0 Å². The minimum atomic E-state index is -0.826.